The van der Waals surface area contributed by atoms with Gasteiger partial charge in [0.1, 0.15) is 23.5 Å². The number of nitrogen functional groups attached to an aromatic ring is 1. The molecule has 8 nitrogen and oxygen atoms in total. The molecule has 33 heavy (non-hydrogen) atoms. The minimum absolute atomic E-state index is 0.554. The monoisotopic (exact) mass is 448 g/mol. The number of hydrogen-bond donors (Lipinski definition) is 2. The number of nitrogens with one attached hydrogen (secondary N) is 1. The number of ether oxygens (including phenoxy) is 2. The molecule has 0 unspecified atom stereocenters. The number of nitrogens with two attached hydrogens (primary N) is 1. The Morgan fingerprint density at radius 3 is 2.24 bits per heavy atom. The van der Waals surface area contributed by atoms with E-state index in [0.717, 1.165) is 68.6 Å². The van der Waals surface area contributed by atoms with Crippen LogP contribution in [0.1, 0.15) is 19.8 Å². The molecule has 2 aromatic carbocycles. The molecular formula is C25H32N6O2. The van der Waals surface area contributed by atoms with Crippen molar-refractivity contribution in [2.45, 2.75) is 19.8 Å². The molecule has 0 radical (unpaired) electrons. The Morgan fingerprint density at radius 1 is 0.909 bits per heavy atom. The second-order valence-electron chi connectivity index (χ2n) is 7.98. The first-order chi connectivity index (χ1) is 16.2. The summed E-state index contributed by atoms with van der Waals surface area (Å²) in [6.07, 6.45) is 3.73. The minimum atomic E-state index is 0.554. The van der Waals surface area contributed by atoms with Gasteiger partial charge in [-0.05, 0) is 55.0 Å². The number of hydrogen-bond acceptors (Lipinski definition) is 8. The summed E-state index contributed by atoms with van der Waals surface area (Å²) in [7, 11) is 1.68. The molecule has 3 aromatic rings. The number of unbranched alkanes of at least 4 members (excludes halogenated alkanes) is 1. The Morgan fingerprint density at radius 2 is 1.58 bits per heavy atom. The molecule has 0 atom stereocenters. The summed E-state index contributed by atoms with van der Waals surface area (Å²) in [6.45, 7) is 6.32. The zero-order valence-corrected chi connectivity index (χ0v) is 19.3. The van der Waals surface area contributed by atoms with Gasteiger partial charge < -0.3 is 30.3 Å². The second kappa shape index (κ2) is 10.8. The van der Waals surface area contributed by atoms with Gasteiger partial charge in [0.05, 0.1) is 13.7 Å². The summed E-state index contributed by atoms with van der Waals surface area (Å²) in [5.74, 6) is 3.10. The standard InChI is InChI=1S/C25H32N6O2/c1-3-4-17-33-22-9-5-19(6-10-22)29-24-23(26)25(28-18-27-24)31-15-13-30(14-16-31)20-7-11-21(32-2)12-8-20/h5-12,18H,3-4,13-17,26H2,1-2H3,(H,27,28,29). The molecule has 2 heterocycles. The molecule has 174 valence electrons. The van der Waals surface area contributed by atoms with Gasteiger partial charge in [-0.2, -0.15) is 0 Å². The maximum absolute atomic E-state index is 6.47. The van der Waals surface area contributed by atoms with E-state index in [1.54, 1.807) is 13.4 Å². The van der Waals surface area contributed by atoms with Crippen LogP contribution in [0.4, 0.5) is 28.7 Å². The van der Waals surface area contributed by atoms with Crippen LogP contribution >= 0.6 is 0 Å². The van der Waals surface area contributed by atoms with E-state index in [4.69, 9.17) is 15.2 Å². The van der Waals surface area contributed by atoms with Gasteiger partial charge in [-0.1, -0.05) is 13.3 Å². The van der Waals surface area contributed by atoms with Crippen molar-refractivity contribution in [3.05, 3.63) is 54.9 Å². The van der Waals surface area contributed by atoms with Crippen molar-refractivity contribution < 1.29 is 9.47 Å². The highest BCUT2D eigenvalue weighted by molar-refractivity contribution is 5.78. The number of anilines is 5. The molecule has 3 N–H and O–H groups in total. The van der Waals surface area contributed by atoms with Crippen LogP contribution < -0.4 is 30.3 Å². The van der Waals surface area contributed by atoms with Gasteiger partial charge in [0.15, 0.2) is 11.6 Å². The van der Waals surface area contributed by atoms with Crippen molar-refractivity contribution in [2.24, 2.45) is 0 Å². The summed E-state index contributed by atoms with van der Waals surface area (Å²) in [4.78, 5) is 13.4. The van der Waals surface area contributed by atoms with Crippen LogP contribution in [-0.4, -0.2) is 49.9 Å². The van der Waals surface area contributed by atoms with E-state index in [1.807, 2.05) is 36.4 Å². The Kier molecular flexibility index (Phi) is 7.34. The van der Waals surface area contributed by atoms with Gasteiger partial charge in [0.25, 0.3) is 0 Å². The lowest BCUT2D eigenvalue weighted by Crippen LogP contribution is -2.47. The number of methoxy groups -OCH3 is 1. The highest BCUT2D eigenvalue weighted by Crippen LogP contribution is 2.30. The van der Waals surface area contributed by atoms with Gasteiger partial charge >= 0.3 is 0 Å². The van der Waals surface area contributed by atoms with Crippen LogP contribution in [0.5, 0.6) is 11.5 Å². The number of aromatic nitrogens is 2. The van der Waals surface area contributed by atoms with Crippen LogP contribution in [0.3, 0.4) is 0 Å². The van der Waals surface area contributed by atoms with Crippen molar-refractivity contribution in [1.82, 2.24) is 9.97 Å². The minimum Gasteiger partial charge on any atom is -0.497 e. The van der Waals surface area contributed by atoms with Crippen molar-refractivity contribution in [2.75, 3.05) is 60.7 Å². The molecule has 0 amide bonds. The zero-order valence-electron chi connectivity index (χ0n) is 19.3. The van der Waals surface area contributed by atoms with E-state index in [-0.39, 0.29) is 0 Å². The molecule has 1 aliphatic heterocycles. The Hall–Kier alpha value is -3.68. The van der Waals surface area contributed by atoms with Crippen LogP contribution in [0.2, 0.25) is 0 Å². The lowest BCUT2D eigenvalue weighted by Gasteiger charge is -2.37. The largest absolute Gasteiger partial charge is 0.497 e. The first kappa shape index (κ1) is 22.5. The summed E-state index contributed by atoms with van der Waals surface area (Å²) in [6, 6.07) is 16.0. The van der Waals surface area contributed by atoms with Gasteiger partial charge in [-0.3, -0.25) is 0 Å². The first-order valence-corrected chi connectivity index (χ1v) is 11.4. The van der Waals surface area contributed by atoms with Crippen LogP contribution in [0, 0.1) is 0 Å². The molecule has 0 saturated carbocycles. The highest BCUT2D eigenvalue weighted by Gasteiger charge is 2.21. The van der Waals surface area contributed by atoms with Crippen LogP contribution in [-0.2, 0) is 0 Å². The lowest BCUT2D eigenvalue weighted by atomic mass is 10.2. The molecule has 1 aliphatic rings. The predicted octanol–water partition coefficient (Wildman–Crippen LogP) is 4.32. The Balaban J connectivity index is 1.38. The van der Waals surface area contributed by atoms with E-state index >= 15 is 0 Å². The SMILES string of the molecule is CCCCOc1ccc(Nc2ncnc(N3CCN(c4ccc(OC)cc4)CC3)c2N)cc1. The highest BCUT2D eigenvalue weighted by atomic mass is 16.5. The van der Waals surface area contributed by atoms with Crippen LogP contribution in [0.25, 0.3) is 0 Å². The molecule has 1 aromatic heterocycles. The molecule has 4 rings (SSSR count). The Bertz CT molecular complexity index is 1020. The third-order valence-corrected chi connectivity index (χ3v) is 5.76. The zero-order chi connectivity index (χ0) is 23.0. The maximum atomic E-state index is 6.47. The first-order valence-electron chi connectivity index (χ1n) is 11.4. The van der Waals surface area contributed by atoms with Gasteiger partial charge in [-0.15, -0.1) is 0 Å². The van der Waals surface area contributed by atoms with Crippen molar-refractivity contribution >= 4 is 28.7 Å². The van der Waals surface area contributed by atoms with E-state index in [0.29, 0.717) is 11.5 Å². The number of nitrogens with zero attached hydrogens (tertiary/aromatic N) is 4. The summed E-state index contributed by atoms with van der Waals surface area (Å²) >= 11 is 0. The molecule has 0 aliphatic carbocycles. The second-order valence-corrected chi connectivity index (χ2v) is 7.98. The lowest BCUT2D eigenvalue weighted by molar-refractivity contribution is 0.309. The summed E-state index contributed by atoms with van der Waals surface area (Å²) in [5, 5.41) is 3.31. The van der Waals surface area contributed by atoms with E-state index in [2.05, 4.69) is 44.1 Å². The predicted molar refractivity (Wildman–Crippen MR) is 134 cm³/mol. The fraction of sp³-hybridized carbons (Fsp3) is 0.360. The average Bonchev–Trinajstić information content (AvgIpc) is 2.87. The van der Waals surface area contributed by atoms with Gasteiger partial charge in [-0.25, -0.2) is 9.97 Å². The fourth-order valence-corrected chi connectivity index (χ4v) is 3.81. The molecule has 0 spiro atoms. The van der Waals surface area contributed by atoms with Crippen molar-refractivity contribution in [3.63, 3.8) is 0 Å². The molecule has 0 bridgehead atoms. The topological polar surface area (TPSA) is 88.8 Å². The number of benzene rings is 2. The third kappa shape index (κ3) is 5.58. The smallest absolute Gasteiger partial charge is 0.159 e. The Labute approximate surface area is 195 Å². The molecule has 8 heteroatoms. The van der Waals surface area contributed by atoms with Gasteiger partial charge in [0, 0.05) is 37.6 Å². The summed E-state index contributed by atoms with van der Waals surface area (Å²) < 4.78 is 11.0. The van der Waals surface area contributed by atoms with Crippen LogP contribution in [0.15, 0.2) is 54.9 Å². The number of piperazine rings is 1. The van der Waals surface area contributed by atoms with E-state index < -0.39 is 0 Å². The van der Waals surface area contributed by atoms with E-state index in [9.17, 15) is 0 Å². The molecule has 1 fully saturated rings. The van der Waals surface area contributed by atoms with Gasteiger partial charge in [0.2, 0.25) is 0 Å². The van der Waals surface area contributed by atoms with E-state index in [1.165, 1.54) is 5.69 Å². The average molecular weight is 449 g/mol. The normalized spacial score (nSPS) is 13.6. The van der Waals surface area contributed by atoms with Crippen molar-refractivity contribution in [1.29, 1.82) is 0 Å². The van der Waals surface area contributed by atoms with Crippen molar-refractivity contribution in [3.8, 4) is 11.5 Å². The maximum Gasteiger partial charge on any atom is 0.159 e. The quantitative estimate of drug-likeness (QED) is 0.468. The number of rotatable bonds is 9. The summed E-state index contributed by atoms with van der Waals surface area (Å²) in [5.41, 5.74) is 9.12. The molecule has 1 saturated heterocycles. The fourth-order valence-electron chi connectivity index (χ4n) is 3.81. The third-order valence-electron chi connectivity index (χ3n) is 5.76. The molecular weight excluding hydrogens is 416 g/mol.